The first-order chi connectivity index (χ1) is 10.1. The molecule has 2 rings (SSSR count). The highest BCUT2D eigenvalue weighted by Gasteiger charge is 2.27. The van der Waals surface area contributed by atoms with E-state index in [2.05, 4.69) is 4.98 Å². The van der Waals surface area contributed by atoms with E-state index < -0.39 is 0 Å². The summed E-state index contributed by atoms with van der Waals surface area (Å²) in [6.45, 7) is 4.52. The first-order valence-corrected chi connectivity index (χ1v) is 7.30. The largest absolute Gasteiger partial charge is 0.378 e. The van der Waals surface area contributed by atoms with Gasteiger partial charge in [-0.15, -0.1) is 0 Å². The van der Waals surface area contributed by atoms with Gasteiger partial charge >= 0.3 is 5.69 Å². The Hall–Kier alpha value is -1.73. The molecular weight excluding hydrogens is 272 g/mol. The van der Waals surface area contributed by atoms with Gasteiger partial charge in [0.05, 0.1) is 11.0 Å². The number of anilines is 1. The van der Waals surface area contributed by atoms with Gasteiger partial charge in [-0.25, -0.2) is 4.98 Å². The predicted octanol–water partition coefficient (Wildman–Crippen LogP) is 1.63. The zero-order valence-corrected chi connectivity index (χ0v) is 12.3. The van der Waals surface area contributed by atoms with Crippen LogP contribution in [0.25, 0.3) is 0 Å². The molecule has 0 radical (unpaired) electrons. The third kappa shape index (κ3) is 3.89. The van der Waals surface area contributed by atoms with Crippen LogP contribution in [0.5, 0.6) is 0 Å². The lowest BCUT2D eigenvalue weighted by molar-refractivity contribution is -0.384. The van der Waals surface area contributed by atoms with Crippen molar-refractivity contribution in [3.8, 4) is 0 Å². The van der Waals surface area contributed by atoms with E-state index in [0.29, 0.717) is 24.5 Å². The molecule has 0 spiro atoms. The zero-order valence-electron chi connectivity index (χ0n) is 12.3. The van der Waals surface area contributed by atoms with E-state index in [1.165, 1.54) is 0 Å². The number of hydrogen-bond donors (Lipinski definition) is 1. The predicted molar refractivity (Wildman–Crippen MR) is 80.5 cm³/mol. The van der Waals surface area contributed by atoms with Crippen molar-refractivity contribution in [3.63, 3.8) is 0 Å². The number of hydrogen-bond acceptors (Lipinski definition) is 6. The van der Waals surface area contributed by atoms with Gasteiger partial charge in [0.15, 0.2) is 0 Å². The standard InChI is InChI=1S/C14H22N4O3/c1-11-3-7-16-14(13(11)18(19)20)17-8-4-12(5-9-17)21-10-2-6-15/h3,7,12H,2,4-6,8-10,15H2,1H3. The van der Waals surface area contributed by atoms with Crippen LogP contribution in [0.1, 0.15) is 24.8 Å². The third-order valence-corrected chi connectivity index (χ3v) is 3.73. The Morgan fingerprint density at radius 3 is 2.86 bits per heavy atom. The average molecular weight is 294 g/mol. The molecule has 0 unspecified atom stereocenters. The van der Waals surface area contributed by atoms with E-state index in [1.807, 2.05) is 4.90 Å². The van der Waals surface area contributed by atoms with Crippen molar-refractivity contribution in [2.75, 3.05) is 31.1 Å². The molecule has 0 saturated carbocycles. The van der Waals surface area contributed by atoms with Crippen LogP contribution >= 0.6 is 0 Å². The normalized spacial score (nSPS) is 16.2. The summed E-state index contributed by atoms with van der Waals surface area (Å²) in [5.41, 5.74) is 6.20. The Balaban J connectivity index is 1.99. The van der Waals surface area contributed by atoms with Crippen molar-refractivity contribution in [2.24, 2.45) is 5.73 Å². The second kappa shape index (κ2) is 7.33. The summed E-state index contributed by atoms with van der Waals surface area (Å²) < 4.78 is 5.75. The van der Waals surface area contributed by atoms with Crippen molar-refractivity contribution in [1.82, 2.24) is 4.98 Å². The summed E-state index contributed by atoms with van der Waals surface area (Å²) in [6.07, 6.45) is 4.43. The maximum absolute atomic E-state index is 11.2. The fraction of sp³-hybridized carbons (Fsp3) is 0.643. The fourth-order valence-electron chi connectivity index (χ4n) is 2.56. The van der Waals surface area contributed by atoms with E-state index in [0.717, 1.165) is 32.4 Å². The number of piperidine rings is 1. The minimum absolute atomic E-state index is 0.111. The Kier molecular flexibility index (Phi) is 5.46. The van der Waals surface area contributed by atoms with E-state index in [9.17, 15) is 10.1 Å². The summed E-state index contributed by atoms with van der Waals surface area (Å²) >= 11 is 0. The van der Waals surface area contributed by atoms with Crippen molar-refractivity contribution >= 4 is 11.5 Å². The second-order valence-corrected chi connectivity index (χ2v) is 5.26. The molecule has 1 aliphatic rings. The van der Waals surface area contributed by atoms with E-state index in [1.54, 1.807) is 19.2 Å². The molecule has 0 aliphatic carbocycles. The lowest BCUT2D eigenvalue weighted by Crippen LogP contribution is -2.38. The number of nitro groups is 1. The molecule has 0 aromatic carbocycles. The van der Waals surface area contributed by atoms with Gasteiger partial charge in [0.2, 0.25) is 5.82 Å². The van der Waals surface area contributed by atoms with Gasteiger partial charge in [-0.2, -0.15) is 0 Å². The topological polar surface area (TPSA) is 94.5 Å². The number of pyridine rings is 1. The van der Waals surface area contributed by atoms with E-state index >= 15 is 0 Å². The Bertz CT molecular complexity index is 487. The Morgan fingerprint density at radius 1 is 1.52 bits per heavy atom. The molecule has 116 valence electrons. The van der Waals surface area contributed by atoms with Crippen LogP contribution < -0.4 is 10.6 Å². The van der Waals surface area contributed by atoms with Gasteiger partial charge in [0, 0.05) is 31.5 Å². The van der Waals surface area contributed by atoms with Gasteiger partial charge in [0.25, 0.3) is 0 Å². The molecule has 1 fully saturated rings. The van der Waals surface area contributed by atoms with E-state index in [-0.39, 0.29) is 16.7 Å². The lowest BCUT2D eigenvalue weighted by Gasteiger charge is -2.32. The van der Waals surface area contributed by atoms with Gasteiger partial charge in [-0.1, -0.05) is 0 Å². The zero-order chi connectivity index (χ0) is 15.2. The third-order valence-electron chi connectivity index (χ3n) is 3.73. The first-order valence-electron chi connectivity index (χ1n) is 7.30. The van der Waals surface area contributed by atoms with Crippen LogP contribution in [0.3, 0.4) is 0 Å². The van der Waals surface area contributed by atoms with Crippen LogP contribution in [0.4, 0.5) is 11.5 Å². The SMILES string of the molecule is Cc1ccnc(N2CCC(OCCCN)CC2)c1[N+](=O)[O-]. The minimum atomic E-state index is -0.346. The summed E-state index contributed by atoms with van der Waals surface area (Å²) in [6, 6.07) is 1.67. The Labute approximate surface area is 124 Å². The van der Waals surface area contributed by atoms with Crippen LogP contribution in [-0.4, -0.2) is 42.3 Å². The average Bonchev–Trinajstić information content (AvgIpc) is 2.47. The summed E-state index contributed by atoms with van der Waals surface area (Å²) in [5, 5.41) is 11.2. The number of nitrogens with two attached hydrogens (primary N) is 1. The molecule has 1 saturated heterocycles. The molecule has 0 amide bonds. The summed E-state index contributed by atoms with van der Waals surface area (Å²) in [4.78, 5) is 17.1. The van der Waals surface area contributed by atoms with Crippen LogP contribution in [0, 0.1) is 17.0 Å². The fourth-order valence-corrected chi connectivity index (χ4v) is 2.56. The monoisotopic (exact) mass is 294 g/mol. The minimum Gasteiger partial charge on any atom is -0.378 e. The molecule has 1 aromatic rings. The van der Waals surface area contributed by atoms with Gasteiger partial charge in [0.1, 0.15) is 0 Å². The molecule has 21 heavy (non-hydrogen) atoms. The van der Waals surface area contributed by atoms with Crippen LogP contribution in [0.15, 0.2) is 12.3 Å². The van der Waals surface area contributed by atoms with Gasteiger partial charge in [-0.3, -0.25) is 10.1 Å². The van der Waals surface area contributed by atoms with Crippen LogP contribution in [0.2, 0.25) is 0 Å². The molecule has 2 heterocycles. The quantitative estimate of drug-likeness (QED) is 0.487. The maximum atomic E-state index is 11.2. The highest BCUT2D eigenvalue weighted by atomic mass is 16.6. The van der Waals surface area contributed by atoms with Crippen LogP contribution in [-0.2, 0) is 4.74 Å². The van der Waals surface area contributed by atoms with Crippen molar-refractivity contribution < 1.29 is 9.66 Å². The number of nitrogens with zero attached hydrogens (tertiary/aromatic N) is 3. The molecule has 1 aromatic heterocycles. The number of aryl methyl sites for hydroxylation is 1. The van der Waals surface area contributed by atoms with Crippen molar-refractivity contribution in [3.05, 3.63) is 27.9 Å². The Morgan fingerprint density at radius 2 is 2.24 bits per heavy atom. The number of rotatable bonds is 6. The molecule has 1 aliphatic heterocycles. The van der Waals surface area contributed by atoms with Gasteiger partial charge in [-0.05, 0) is 38.8 Å². The summed E-state index contributed by atoms with van der Waals surface area (Å²) in [7, 11) is 0. The molecule has 7 heteroatoms. The molecule has 0 atom stereocenters. The second-order valence-electron chi connectivity index (χ2n) is 5.26. The van der Waals surface area contributed by atoms with E-state index in [4.69, 9.17) is 10.5 Å². The summed E-state index contributed by atoms with van der Waals surface area (Å²) in [5.74, 6) is 0.473. The molecular formula is C14H22N4O3. The number of aromatic nitrogens is 1. The lowest BCUT2D eigenvalue weighted by atomic mass is 10.1. The molecule has 0 bridgehead atoms. The highest BCUT2D eigenvalue weighted by molar-refractivity contribution is 5.61. The van der Waals surface area contributed by atoms with Gasteiger partial charge < -0.3 is 15.4 Å². The van der Waals surface area contributed by atoms with Crippen molar-refractivity contribution in [2.45, 2.75) is 32.3 Å². The van der Waals surface area contributed by atoms with Crippen molar-refractivity contribution in [1.29, 1.82) is 0 Å². The molecule has 7 nitrogen and oxygen atoms in total. The first kappa shape index (κ1) is 15.7. The number of ether oxygens (including phenoxy) is 1. The highest BCUT2D eigenvalue weighted by Crippen LogP contribution is 2.31. The maximum Gasteiger partial charge on any atom is 0.314 e. The molecule has 2 N–H and O–H groups in total. The smallest absolute Gasteiger partial charge is 0.314 e.